The summed E-state index contributed by atoms with van der Waals surface area (Å²) in [6.45, 7) is 2.61. The molecule has 1 amide bonds. The van der Waals surface area contributed by atoms with Gasteiger partial charge in [0, 0.05) is 11.4 Å². The molecule has 9 heteroatoms. The van der Waals surface area contributed by atoms with Gasteiger partial charge in [0.05, 0.1) is 14.6 Å². The number of halogens is 1. The first-order valence-electron chi connectivity index (χ1n) is 10.2. The third-order valence-electron chi connectivity index (χ3n) is 5.50. The van der Waals surface area contributed by atoms with Crippen LogP contribution in [0, 0.1) is 12.7 Å². The fourth-order valence-electron chi connectivity index (χ4n) is 3.74. The van der Waals surface area contributed by atoms with Crippen LogP contribution in [0.1, 0.15) is 32.4 Å². The van der Waals surface area contributed by atoms with E-state index in [1.807, 2.05) is 31.2 Å². The number of carbonyl (C=O) groups excluding carboxylic acids is 2. The molecule has 162 valence electrons. The Bertz CT molecular complexity index is 1310. The summed E-state index contributed by atoms with van der Waals surface area (Å²) in [5, 5.41) is 7.63. The van der Waals surface area contributed by atoms with Gasteiger partial charge < -0.3 is 10.6 Å². The van der Waals surface area contributed by atoms with Crippen LogP contribution < -0.4 is 10.6 Å². The lowest BCUT2D eigenvalue weighted by atomic mass is 9.92. The van der Waals surface area contributed by atoms with Crippen molar-refractivity contribution in [3.8, 4) is 10.4 Å². The van der Waals surface area contributed by atoms with Gasteiger partial charge in [0.25, 0.3) is 5.91 Å². The Balaban J connectivity index is 1.47. The number of nitrogens with one attached hydrogen (secondary N) is 2. The fraction of sp³-hybridized carbons (Fsp3) is 0.217. The summed E-state index contributed by atoms with van der Waals surface area (Å²) in [5.41, 5.74) is 1.33. The number of carbonyl (C=O) groups is 2. The van der Waals surface area contributed by atoms with Crippen molar-refractivity contribution in [3.63, 3.8) is 0 Å². The van der Waals surface area contributed by atoms with Crippen molar-refractivity contribution in [1.82, 2.24) is 20.0 Å². The number of fused-ring (bicyclic) bond motifs is 1. The Morgan fingerprint density at radius 2 is 1.91 bits per heavy atom. The topological polar surface area (TPSA) is 84.0 Å². The predicted octanol–water partition coefficient (Wildman–Crippen LogP) is 4.21. The zero-order valence-electron chi connectivity index (χ0n) is 17.1. The third-order valence-corrected chi connectivity index (χ3v) is 7.35. The average molecular weight is 467 g/mol. The van der Waals surface area contributed by atoms with Crippen LogP contribution in [0.25, 0.3) is 20.5 Å². The molecule has 3 heterocycles. The third kappa shape index (κ3) is 3.83. The molecule has 4 aromatic rings. The zero-order chi connectivity index (χ0) is 22.2. The van der Waals surface area contributed by atoms with Crippen LogP contribution in [0.4, 0.5) is 4.39 Å². The van der Waals surface area contributed by atoms with Crippen LogP contribution in [0.15, 0.2) is 48.5 Å². The number of benzene rings is 2. The normalized spacial score (nSPS) is 16.5. The Hall–Kier alpha value is -3.01. The van der Waals surface area contributed by atoms with E-state index in [1.165, 1.54) is 35.0 Å². The molecule has 0 saturated carbocycles. The maximum Gasteiger partial charge on any atom is 0.272 e. The number of aromatic nitrogens is 2. The minimum Gasteiger partial charge on any atom is -0.339 e. The summed E-state index contributed by atoms with van der Waals surface area (Å²) in [6.07, 6.45) is 0.767. The van der Waals surface area contributed by atoms with Crippen LogP contribution in [0.2, 0.25) is 0 Å². The number of rotatable bonds is 6. The van der Waals surface area contributed by atoms with Crippen molar-refractivity contribution in [1.29, 1.82) is 0 Å². The minimum absolute atomic E-state index is 0.181. The molecule has 1 saturated heterocycles. The van der Waals surface area contributed by atoms with Gasteiger partial charge in [-0.1, -0.05) is 30.3 Å². The lowest BCUT2D eigenvalue weighted by molar-refractivity contribution is 0.0809. The predicted molar refractivity (Wildman–Crippen MR) is 124 cm³/mol. The average Bonchev–Trinajstić information content (AvgIpc) is 3.36. The molecule has 2 unspecified atom stereocenters. The molecule has 2 atom stereocenters. The van der Waals surface area contributed by atoms with Gasteiger partial charge in [0.1, 0.15) is 23.2 Å². The SMILES string of the molecule is Cc1nc(C(=O)C(NC(=O)c2nsc3ccccc23)C2CCN2)c(-c2ccc(F)cc2)s1. The lowest BCUT2D eigenvalue weighted by Gasteiger charge is -2.34. The van der Waals surface area contributed by atoms with E-state index in [0.29, 0.717) is 16.3 Å². The van der Waals surface area contributed by atoms with Gasteiger partial charge in [-0.2, -0.15) is 4.37 Å². The highest BCUT2D eigenvalue weighted by Crippen LogP contribution is 2.32. The van der Waals surface area contributed by atoms with Gasteiger partial charge in [-0.25, -0.2) is 9.37 Å². The molecule has 32 heavy (non-hydrogen) atoms. The zero-order valence-corrected chi connectivity index (χ0v) is 18.7. The van der Waals surface area contributed by atoms with Crippen molar-refractivity contribution in [2.75, 3.05) is 6.54 Å². The van der Waals surface area contributed by atoms with Crippen LogP contribution in [-0.2, 0) is 0 Å². The number of nitrogens with zero attached hydrogens (tertiary/aromatic N) is 2. The van der Waals surface area contributed by atoms with E-state index in [9.17, 15) is 14.0 Å². The van der Waals surface area contributed by atoms with E-state index in [2.05, 4.69) is 20.0 Å². The Morgan fingerprint density at radius 1 is 1.16 bits per heavy atom. The van der Waals surface area contributed by atoms with Gasteiger partial charge >= 0.3 is 0 Å². The van der Waals surface area contributed by atoms with Gasteiger partial charge in [0.2, 0.25) is 5.78 Å². The number of thiazole rings is 1. The maximum absolute atomic E-state index is 13.6. The molecular weight excluding hydrogens is 447 g/mol. The second-order valence-electron chi connectivity index (χ2n) is 7.61. The largest absolute Gasteiger partial charge is 0.339 e. The summed E-state index contributed by atoms with van der Waals surface area (Å²) in [7, 11) is 0. The molecular formula is C23H19FN4O2S2. The highest BCUT2D eigenvalue weighted by molar-refractivity contribution is 7.15. The summed E-state index contributed by atoms with van der Waals surface area (Å²) < 4.78 is 18.6. The van der Waals surface area contributed by atoms with E-state index in [4.69, 9.17) is 0 Å². The monoisotopic (exact) mass is 466 g/mol. The molecule has 1 aliphatic rings. The number of hydrogen-bond acceptors (Lipinski definition) is 7. The molecule has 2 aromatic heterocycles. The van der Waals surface area contributed by atoms with Gasteiger partial charge in [-0.05, 0) is 55.2 Å². The van der Waals surface area contributed by atoms with E-state index in [-0.39, 0.29) is 23.5 Å². The number of hydrogen-bond donors (Lipinski definition) is 2. The van der Waals surface area contributed by atoms with Crippen molar-refractivity contribution < 1.29 is 14.0 Å². The smallest absolute Gasteiger partial charge is 0.272 e. The van der Waals surface area contributed by atoms with Crippen molar-refractivity contribution >= 4 is 44.6 Å². The minimum atomic E-state index is -0.780. The van der Waals surface area contributed by atoms with E-state index < -0.39 is 6.04 Å². The molecule has 0 spiro atoms. The lowest BCUT2D eigenvalue weighted by Crippen LogP contribution is -2.60. The molecule has 2 N–H and O–H groups in total. The van der Waals surface area contributed by atoms with Crippen molar-refractivity contribution in [2.45, 2.75) is 25.4 Å². The molecule has 1 fully saturated rings. The highest BCUT2D eigenvalue weighted by atomic mass is 32.1. The number of Topliss-reactive ketones (excluding diaryl/α,β-unsaturated/α-hetero) is 1. The summed E-state index contributed by atoms with van der Waals surface area (Å²) in [5.74, 6) is -0.995. The van der Waals surface area contributed by atoms with Gasteiger partial charge in [-0.3, -0.25) is 9.59 Å². The molecule has 0 bridgehead atoms. The molecule has 5 rings (SSSR count). The van der Waals surface area contributed by atoms with E-state index in [0.717, 1.165) is 33.6 Å². The molecule has 1 aliphatic heterocycles. The number of ketones is 1. The van der Waals surface area contributed by atoms with Crippen molar-refractivity contribution in [2.24, 2.45) is 0 Å². The Labute approximate surface area is 191 Å². The quantitative estimate of drug-likeness (QED) is 0.416. The Morgan fingerprint density at radius 3 is 2.62 bits per heavy atom. The van der Waals surface area contributed by atoms with Gasteiger partial charge in [0.15, 0.2) is 0 Å². The van der Waals surface area contributed by atoms with Crippen molar-refractivity contribution in [3.05, 3.63) is 70.7 Å². The fourth-order valence-corrected chi connectivity index (χ4v) is 5.44. The molecule has 0 radical (unpaired) electrons. The summed E-state index contributed by atoms with van der Waals surface area (Å²) >= 11 is 2.63. The highest BCUT2D eigenvalue weighted by Gasteiger charge is 2.37. The van der Waals surface area contributed by atoms with Gasteiger partial charge in [-0.15, -0.1) is 11.3 Å². The maximum atomic E-state index is 13.6. The number of amides is 1. The standard InChI is InChI=1S/C23H19FN4O2S2/c1-12-26-20(22(31-12)13-6-8-14(24)9-7-13)21(29)19(16-10-11-25-16)27-23(30)18-15-4-2-3-5-17(15)32-28-18/h2-9,16,19,25H,10-11H2,1H3,(H,27,30). The number of aryl methyl sites for hydroxylation is 1. The summed E-state index contributed by atoms with van der Waals surface area (Å²) in [4.78, 5) is 31.9. The molecule has 2 aromatic carbocycles. The first kappa shape index (κ1) is 20.9. The first-order chi connectivity index (χ1) is 15.5. The Kier molecular flexibility index (Phi) is 5.54. The van der Waals surface area contributed by atoms with Crippen LogP contribution >= 0.6 is 22.9 Å². The van der Waals surface area contributed by atoms with Crippen LogP contribution in [0.3, 0.4) is 0 Å². The second-order valence-corrected chi connectivity index (χ2v) is 9.62. The second kappa shape index (κ2) is 8.50. The first-order valence-corrected chi connectivity index (χ1v) is 11.8. The molecule has 6 nitrogen and oxygen atoms in total. The van der Waals surface area contributed by atoms with Crippen LogP contribution in [-0.4, -0.2) is 39.7 Å². The summed E-state index contributed by atoms with van der Waals surface area (Å²) in [6, 6.07) is 12.5. The molecule has 0 aliphatic carbocycles. The van der Waals surface area contributed by atoms with E-state index >= 15 is 0 Å². The van der Waals surface area contributed by atoms with E-state index in [1.54, 1.807) is 12.1 Å². The van der Waals surface area contributed by atoms with Crippen LogP contribution in [0.5, 0.6) is 0 Å².